The summed E-state index contributed by atoms with van der Waals surface area (Å²) in [5.41, 5.74) is 3.58. The first kappa shape index (κ1) is 14.8. The number of rotatable bonds is 3. The lowest BCUT2D eigenvalue weighted by atomic mass is 10.0. The summed E-state index contributed by atoms with van der Waals surface area (Å²) in [6, 6.07) is 3.92. The van der Waals surface area contributed by atoms with Gasteiger partial charge in [0.2, 0.25) is 0 Å². The second kappa shape index (κ2) is 5.40. The number of nitrogens with zero attached hydrogens (tertiary/aromatic N) is 2. The third-order valence-electron chi connectivity index (χ3n) is 3.30. The van der Waals surface area contributed by atoms with Gasteiger partial charge in [0.05, 0.1) is 6.20 Å². The number of benzene rings is 1. The van der Waals surface area contributed by atoms with E-state index >= 15 is 0 Å². The number of hydrogen-bond donors (Lipinski definition) is 2. The first-order valence-corrected chi connectivity index (χ1v) is 6.45. The molecule has 6 nitrogen and oxygen atoms in total. The fraction of sp³-hybridized carbons (Fsp3) is 0.267. The Labute approximate surface area is 122 Å². The monoisotopic (exact) mass is 287 g/mol. The highest BCUT2D eigenvalue weighted by molar-refractivity contribution is 6.10. The van der Waals surface area contributed by atoms with Crippen LogP contribution in [-0.4, -0.2) is 26.8 Å². The summed E-state index contributed by atoms with van der Waals surface area (Å²) in [5.74, 6) is -1.66. The molecule has 0 saturated heterocycles. The first-order valence-electron chi connectivity index (χ1n) is 6.45. The lowest BCUT2D eigenvalue weighted by Gasteiger charge is -2.13. The highest BCUT2D eigenvalue weighted by Gasteiger charge is 2.22. The van der Waals surface area contributed by atoms with Crippen molar-refractivity contribution in [3.63, 3.8) is 0 Å². The third kappa shape index (κ3) is 2.79. The molecule has 0 bridgehead atoms. The molecule has 6 heteroatoms. The van der Waals surface area contributed by atoms with Crippen LogP contribution in [0, 0.1) is 20.8 Å². The van der Waals surface area contributed by atoms with Crippen molar-refractivity contribution in [2.24, 2.45) is 7.05 Å². The number of aryl methyl sites for hydroxylation is 4. The lowest BCUT2D eigenvalue weighted by molar-refractivity contribution is 0.0692. The van der Waals surface area contributed by atoms with E-state index in [9.17, 15) is 9.59 Å². The highest BCUT2D eigenvalue weighted by Crippen LogP contribution is 2.23. The van der Waals surface area contributed by atoms with Crippen LogP contribution in [0.4, 0.5) is 5.69 Å². The van der Waals surface area contributed by atoms with Gasteiger partial charge < -0.3 is 10.4 Å². The zero-order valence-electron chi connectivity index (χ0n) is 12.4. The van der Waals surface area contributed by atoms with E-state index in [4.69, 9.17) is 5.11 Å². The number of hydrogen-bond acceptors (Lipinski definition) is 3. The van der Waals surface area contributed by atoms with E-state index in [1.54, 1.807) is 0 Å². The Morgan fingerprint density at radius 1 is 1.19 bits per heavy atom. The van der Waals surface area contributed by atoms with Gasteiger partial charge in [0.1, 0.15) is 11.3 Å². The molecular weight excluding hydrogens is 270 g/mol. The van der Waals surface area contributed by atoms with Gasteiger partial charge in [-0.1, -0.05) is 17.7 Å². The summed E-state index contributed by atoms with van der Waals surface area (Å²) in [6.45, 7) is 5.78. The summed E-state index contributed by atoms with van der Waals surface area (Å²) in [6.07, 6.45) is 1.17. The molecule has 0 aliphatic carbocycles. The maximum absolute atomic E-state index is 12.4. The fourth-order valence-electron chi connectivity index (χ4n) is 2.41. The lowest BCUT2D eigenvalue weighted by Crippen LogP contribution is -2.20. The maximum Gasteiger partial charge on any atom is 0.339 e. The molecule has 0 unspecified atom stereocenters. The van der Waals surface area contributed by atoms with Crippen molar-refractivity contribution in [3.8, 4) is 0 Å². The zero-order valence-corrected chi connectivity index (χ0v) is 12.4. The van der Waals surface area contributed by atoms with E-state index in [0.717, 1.165) is 16.7 Å². The largest absolute Gasteiger partial charge is 0.478 e. The summed E-state index contributed by atoms with van der Waals surface area (Å²) in [5, 5.41) is 15.7. The molecule has 0 aliphatic heterocycles. The van der Waals surface area contributed by atoms with E-state index in [-0.39, 0.29) is 11.3 Å². The third-order valence-corrected chi connectivity index (χ3v) is 3.30. The smallest absolute Gasteiger partial charge is 0.339 e. The van der Waals surface area contributed by atoms with Gasteiger partial charge in [-0.3, -0.25) is 9.48 Å². The van der Waals surface area contributed by atoms with Gasteiger partial charge in [-0.05, 0) is 31.9 Å². The second-order valence-corrected chi connectivity index (χ2v) is 5.06. The molecule has 1 heterocycles. The topological polar surface area (TPSA) is 84.2 Å². The average molecular weight is 287 g/mol. The molecule has 0 aliphatic rings. The SMILES string of the molecule is Cc1cc(C)c(NC(=O)c2c(C(=O)O)cnn2C)c(C)c1. The maximum atomic E-state index is 12.4. The van der Waals surface area contributed by atoms with Crippen molar-refractivity contribution in [1.82, 2.24) is 9.78 Å². The number of amides is 1. The number of aromatic carboxylic acids is 1. The molecule has 21 heavy (non-hydrogen) atoms. The minimum Gasteiger partial charge on any atom is -0.478 e. The Morgan fingerprint density at radius 3 is 2.29 bits per heavy atom. The van der Waals surface area contributed by atoms with Gasteiger partial charge in [-0.2, -0.15) is 5.10 Å². The van der Waals surface area contributed by atoms with E-state index in [0.29, 0.717) is 5.69 Å². The number of nitrogens with one attached hydrogen (secondary N) is 1. The van der Waals surface area contributed by atoms with Gasteiger partial charge in [-0.25, -0.2) is 4.79 Å². The Morgan fingerprint density at radius 2 is 1.76 bits per heavy atom. The van der Waals surface area contributed by atoms with Crippen LogP contribution in [0.1, 0.15) is 37.5 Å². The molecular formula is C15H17N3O3. The van der Waals surface area contributed by atoms with Crippen LogP contribution in [0.25, 0.3) is 0 Å². The van der Waals surface area contributed by atoms with E-state index in [1.807, 2.05) is 32.9 Å². The number of aromatic nitrogens is 2. The summed E-state index contributed by atoms with van der Waals surface area (Å²) in [4.78, 5) is 23.5. The van der Waals surface area contributed by atoms with E-state index in [2.05, 4.69) is 10.4 Å². The quantitative estimate of drug-likeness (QED) is 0.907. The highest BCUT2D eigenvalue weighted by atomic mass is 16.4. The van der Waals surface area contributed by atoms with Gasteiger partial charge in [0, 0.05) is 12.7 Å². The molecule has 0 atom stereocenters. The minimum absolute atomic E-state index is 0.0295. The number of carboxylic acid groups (broad SMARTS) is 1. The summed E-state index contributed by atoms with van der Waals surface area (Å²) >= 11 is 0. The summed E-state index contributed by atoms with van der Waals surface area (Å²) < 4.78 is 1.26. The number of carboxylic acids is 1. The standard InChI is InChI=1S/C15H17N3O3/c1-8-5-9(2)12(10(3)6-8)17-14(19)13-11(15(20)21)7-16-18(13)4/h5-7H,1-4H3,(H,17,19)(H,20,21). The average Bonchev–Trinajstić information content (AvgIpc) is 2.75. The minimum atomic E-state index is -1.18. The van der Waals surface area contributed by atoms with Crippen molar-refractivity contribution >= 4 is 17.6 Å². The molecule has 0 radical (unpaired) electrons. The van der Waals surface area contributed by atoms with Crippen LogP contribution in [0.2, 0.25) is 0 Å². The van der Waals surface area contributed by atoms with Crippen molar-refractivity contribution in [1.29, 1.82) is 0 Å². The van der Waals surface area contributed by atoms with Crippen LogP contribution in [0.5, 0.6) is 0 Å². The molecule has 0 saturated carbocycles. The van der Waals surface area contributed by atoms with Crippen molar-refractivity contribution in [2.45, 2.75) is 20.8 Å². The number of carbonyl (C=O) groups is 2. The van der Waals surface area contributed by atoms with Crippen molar-refractivity contribution in [2.75, 3.05) is 5.32 Å². The van der Waals surface area contributed by atoms with Crippen LogP contribution in [-0.2, 0) is 7.05 Å². The van der Waals surface area contributed by atoms with E-state index < -0.39 is 11.9 Å². The molecule has 110 valence electrons. The molecule has 2 rings (SSSR count). The number of carbonyl (C=O) groups excluding carboxylic acids is 1. The normalized spacial score (nSPS) is 10.5. The van der Waals surface area contributed by atoms with Gasteiger partial charge in [-0.15, -0.1) is 0 Å². The fourth-order valence-corrected chi connectivity index (χ4v) is 2.41. The van der Waals surface area contributed by atoms with Crippen molar-refractivity contribution in [3.05, 3.63) is 46.3 Å². The molecule has 2 N–H and O–H groups in total. The van der Waals surface area contributed by atoms with Crippen LogP contribution >= 0.6 is 0 Å². The molecule has 1 aromatic carbocycles. The molecule has 1 aromatic heterocycles. The van der Waals surface area contributed by atoms with E-state index in [1.165, 1.54) is 17.9 Å². The zero-order chi connectivity index (χ0) is 15.7. The van der Waals surface area contributed by atoms with Crippen LogP contribution < -0.4 is 5.32 Å². The predicted octanol–water partition coefficient (Wildman–Crippen LogP) is 2.30. The molecule has 2 aromatic rings. The van der Waals surface area contributed by atoms with Gasteiger partial charge >= 0.3 is 5.97 Å². The molecule has 0 spiro atoms. The Balaban J connectivity index is 2.40. The van der Waals surface area contributed by atoms with Crippen LogP contribution in [0.3, 0.4) is 0 Å². The molecule has 0 fully saturated rings. The predicted molar refractivity (Wildman–Crippen MR) is 78.8 cm³/mol. The Hall–Kier alpha value is -2.63. The summed E-state index contributed by atoms with van der Waals surface area (Å²) in [7, 11) is 1.54. The Bertz CT molecular complexity index is 709. The Kier molecular flexibility index (Phi) is 3.80. The second-order valence-electron chi connectivity index (χ2n) is 5.06. The van der Waals surface area contributed by atoms with Gasteiger partial charge in [0.15, 0.2) is 0 Å². The first-order chi connectivity index (χ1) is 9.81. The molecule has 1 amide bonds. The van der Waals surface area contributed by atoms with Crippen LogP contribution in [0.15, 0.2) is 18.3 Å². The van der Waals surface area contributed by atoms with Crippen molar-refractivity contribution < 1.29 is 14.7 Å². The van der Waals surface area contributed by atoms with Gasteiger partial charge in [0.25, 0.3) is 5.91 Å². The number of anilines is 1.